The van der Waals surface area contributed by atoms with Gasteiger partial charge in [-0.1, -0.05) is 37.3 Å². The lowest BCUT2D eigenvalue weighted by atomic mass is 10.1. The van der Waals surface area contributed by atoms with Crippen molar-refractivity contribution in [3.63, 3.8) is 0 Å². The van der Waals surface area contributed by atoms with E-state index in [1.807, 2.05) is 6.07 Å². The first-order valence-corrected chi connectivity index (χ1v) is 8.19. The van der Waals surface area contributed by atoms with Gasteiger partial charge in [0.1, 0.15) is 0 Å². The Kier molecular flexibility index (Phi) is 7.13. The molecule has 0 aliphatic heterocycles. The molecule has 1 aromatic carbocycles. The van der Waals surface area contributed by atoms with Gasteiger partial charge < -0.3 is 8.85 Å². The Labute approximate surface area is 100 Å². The summed E-state index contributed by atoms with van der Waals surface area (Å²) in [6.45, 7) is 5.88. The molecular formula is C13H22O2Si. The van der Waals surface area contributed by atoms with E-state index in [0.717, 1.165) is 32.5 Å². The van der Waals surface area contributed by atoms with Gasteiger partial charge in [0.25, 0.3) is 0 Å². The molecule has 1 atom stereocenters. The maximum absolute atomic E-state index is 5.68. The van der Waals surface area contributed by atoms with Crippen molar-refractivity contribution in [3.05, 3.63) is 35.9 Å². The van der Waals surface area contributed by atoms with Gasteiger partial charge in [0.2, 0.25) is 0 Å². The van der Waals surface area contributed by atoms with Gasteiger partial charge in [-0.05, 0) is 31.4 Å². The zero-order valence-corrected chi connectivity index (χ0v) is 11.5. The van der Waals surface area contributed by atoms with Crippen molar-refractivity contribution in [1.82, 2.24) is 0 Å². The van der Waals surface area contributed by atoms with Crippen LogP contribution in [0.2, 0.25) is 6.55 Å². The van der Waals surface area contributed by atoms with Gasteiger partial charge in [-0.15, -0.1) is 0 Å². The van der Waals surface area contributed by atoms with Crippen LogP contribution in [0.4, 0.5) is 0 Å². The van der Waals surface area contributed by atoms with Gasteiger partial charge in [0.15, 0.2) is 0 Å². The Morgan fingerprint density at radius 3 is 2.44 bits per heavy atom. The summed E-state index contributed by atoms with van der Waals surface area (Å²) in [4.78, 5) is 0. The fourth-order valence-corrected chi connectivity index (χ4v) is 2.66. The Morgan fingerprint density at radius 2 is 1.75 bits per heavy atom. The van der Waals surface area contributed by atoms with Gasteiger partial charge in [-0.2, -0.15) is 0 Å². The topological polar surface area (TPSA) is 18.5 Å². The molecule has 0 aliphatic carbocycles. The van der Waals surface area contributed by atoms with Crippen LogP contribution in [0.1, 0.15) is 25.3 Å². The van der Waals surface area contributed by atoms with Crippen molar-refractivity contribution >= 4 is 9.28 Å². The molecule has 0 N–H and O–H groups in total. The fraction of sp³-hybridized carbons (Fsp3) is 0.538. The molecule has 3 heteroatoms. The van der Waals surface area contributed by atoms with E-state index in [4.69, 9.17) is 8.85 Å². The second-order valence-electron chi connectivity index (χ2n) is 3.90. The molecule has 1 aromatic rings. The number of rotatable bonds is 8. The third-order valence-corrected chi connectivity index (χ3v) is 3.77. The minimum Gasteiger partial charge on any atom is -0.397 e. The molecule has 0 saturated carbocycles. The standard InChI is InChI=1S/C13H22O2Si/c1-3-11-14-16(2)15-12-7-10-13-8-5-4-6-9-13/h4-6,8-9,16H,3,7,10-12H2,1-2H3. The summed E-state index contributed by atoms with van der Waals surface area (Å²) in [7, 11) is -1.35. The van der Waals surface area contributed by atoms with Gasteiger partial charge in [-0.25, -0.2) is 0 Å². The van der Waals surface area contributed by atoms with Crippen LogP contribution >= 0.6 is 0 Å². The molecule has 0 amide bonds. The molecule has 0 bridgehead atoms. The molecule has 0 radical (unpaired) electrons. The highest BCUT2D eigenvalue weighted by Crippen LogP contribution is 2.03. The Bertz CT molecular complexity index is 264. The summed E-state index contributed by atoms with van der Waals surface area (Å²) in [6.07, 6.45) is 3.25. The third kappa shape index (κ3) is 6.05. The maximum atomic E-state index is 5.68. The molecule has 0 spiro atoms. The van der Waals surface area contributed by atoms with Crippen LogP contribution < -0.4 is 0 Å². The first-order chi connectivity index (χ1) is 7.83. The largest absolute Gasteiger partial charge is 0.397 e. The lowest BCUT2D eigenvalue weighted by Crippen LogP contribution is -2.19. The summed E-state index contributed by atoms with van der Waals surface area (Å²) >= 11 is 0. The van der Waals surface area contributed by atoms with Gasteiger partial charge in [0, 0.05) is 13.2 Å². The summed E-state index contributed by atoms with van der Waals surface area (Å²) in [5.74, 6) is 0. The molecule has 16 heavy (non-hydrogen) atoms. The van der Waals surface area contributed by atoms with E-state index >= 15 is 0 Å². The molecular weight excluding hydrogens is 216 g/mol. The van der Waals surface area contributed by atoms with Crippen LogP contribution in [0.3, 0.4) is 0 Å². The second kappa shape index (κ2) is 8.50. The number of aryl methyl sites for hydroxylation is 1. The molecule has 0 aromatic heterocycles. The lowest BCUT2D eigenvalue weighted by Gasteiger charge is -2.11. The average Bonchev–Trinajstić information content (AvgIpc) is 2.33. The third-order valence-electron chi connectivity index (χ3n) is 2.36. The van der Waals surface area contributed by atoms with Crippen molar-refractivity contribution in [2.24, 2.45) is 0 Å². The first kappa shape index (κ1) is 13.4. The molecule has 0 fully saturated rings. The molecule has 0 heterocycles. The van der Waals surface area contributed by atoms with Crippen molar-refractivity contribution < 1.29 is 8.85 Å². The minimum atomic E-state index is -1.35. The highest BCUT2D eigenvalue weighted by atomic mass is 28.3. The predicted octanol–water partition coefficient (Wildman–Crippen LogP) is 2.91. The summed E-state index contributed by atoms with van der Waals surface area (Å²) in [5, 5.41) is 0. The van der Waals surface area contributed by atoms with Crippen LogP contribution in [-0.2, 0) is 15.3 Å². The zero-order chi connectivity index (χ0) is 11.6. The van der Waals surface area contributed by atoms with E-state index in [9.17, 15) is 0 Å². The minimum absolute atomic E-state index is 0.825. The monoisotopic (exact) mass is 238 g/mol. The predicted molar refractivity (Wildman–Crippen MR) is 70.0 cm³/mol. The zero-order valence-electron chi connectivity index (χ0n) is 10.3. The number of benzene rings is 1. The molecule has 0 aliphatic rings. The van der Waals surface area contributed by atoms with E-state index in [1.54, 1.807) is 0 Å². The van der Waals surface area contributed by atoms with E-state index in [0.29, 0.717) is 0 Å². The van der Waals surface area contributed by atoms with Crippen LogP contribution in [0.5, 0.6) is 0 Å². The van der Waals surface area contributed by atoms with Gasteiger partial charge in [-0.3, -0.25) is 0 Å². The quantitative estimate of drug-likeness (QED) is 0.512. The highest BCUT2D eigenvalue weighted by molar-refractivity contribution is 6.42. The van der Waals surface area contributed by atoms with Gasteiger partial charge in [0.05, 0.1) is 0 Å². The summed E-state index contributed by atoms with van der Waals surface area (Å²) in [6, 6.07) is 10.5. The Morgan fingerprint density at radius 1 is 1.06 bits per heavy atom. The fourth-order valence-electron chi connectivity index (χ4n) is 1.50. The van der Waals surface area contributed by atoms with Crippen LogP contribution in [0.15, 0.2) is 30.3 Å². The molecule has 90 valence electrons. The summed E-state index contributed by atoms with van der Waals surface area (Å²) < 4.78 is 11.2. The maximum Gasteiger partial charge on any atom is 0.318 e. The summed E-state index contributed by atoms with van der Waals surface area (Å²) in [5.41, 5.74) is 1.38. The van der Waals surface area contributed by atoms with Crippen LogP contribution in [-0.4, -0.2) is 22.5 Å². The van der Waals surface area contributed by atoms with Crippen molar-refractivity contribution in [1.29, 1.82) is 0 Å². The Balaban J connectivity index is 2.03. The normalized spacial score (nSPS) is 12.6. The molecule has 2 nitrogen and oxygen atoms in total. The SMILES string of the molecule is CCCO[SiH](C)OCCCc1ccccc1. The van der Waals surface area contributed by atoms with E-state index in [-0.39, 0.29) is 0 Å². The van der Waals surface area contributed by atoms with Crippen LogP contribution in [0.25, 0.3) is 0 Å². The van der Waals surface area contributed by atoms with Crippen LogP contribution in [0, 0.1) is 0 Å². The Hall–Kier alpha value is -0.643. The van der Waals surface area contributed by atoms with E-state index in [1.165, 1.54) is 5.56 Å². The highest BCUT2D eigenvalue weighted by Gasteiger charge is 2.03. The van der Waals surface area contributed by atoms with Gasteiger partial charge >= 0.3 is 9.28 Å². The average molecular weight is 238 g/mol. The smallest absolute Gasteiger partial charge is 0.318 e. The lowest BCUT2D eigenvalue weighted by molar-refractivity contribution is 0.200. The molecule has 1 unspecified atom stereocenters. The molecule has 1 rings (SSSR count). The number of hydrogen-bond donors (Lipinski definition) is 0. The van der Waals surface area contributed by atoms with E-state index < -0.39 is 9.28 Å². The first-order valence-electron chi connectivity index (χ1n) is 6.10. The van der Waals surface area contributed by atoms with Crippen molar-refractivity contribution in [3.8, 4) is 0 Å². The van der Waals surface area contributed by atoms with E-state index in [2.05, 4.69) is 37.7 Å². The molecule has 0 saturated heterocycles. The second-order valence-corrected chi connectivity index (χ2v) is 5.70. The number of hydrogen-bond acceptors (Lipinski definition) is 2. The van der Waals surface area contributed by atoms with Crippen molar-refractivity contribution in [2.45, 2.75) is 32.7 Å². The van der Waals surface area contributed by atoms with Crippen molar-refractivity contribution in [2.75, 3.05) is 13.2 Å².